The number of nitrogens with zero attached hydrogens (tertiary/aromatic N) is 1. The first kappa shape index (κ1) is 30.4. The van der Waals surface area contributed by atoms with Gasteiger partial charge in [0.2, 0.25) is 0 Å². The number of aromatic nitrogens is 1. The van der Waals surface area contributed by atoms with Gasteiger partial charge < -0.3 is 39.3 Å². The molecule has 20 heteroatoms. The van der Waals surface area contributed by atoms with E-state index in [9.17, 15) is 33.4 Å². The van der Waals surface area contributed by atoms with Crippen LogP contribution in [0.15, 0.2) is 24.5 Å². The van der Waals surface area contributed by atoms with Crippen molar-refractivity contribution in [1.82, 2.24) is 0 Å². The molecular weight excluding hydrogens is 567 g/mol. The number of carboxylic acid groups (broad SMARTS) is 1. The Kier molecular flexibility index (Phi) is 9.82. The summed E-state index contributed by atoms with van der Waals surface area (Å²) in [5, 5.41) is 19.2. The topological polar surface area (TPSA) is 249 Å². The molecule has 17 nitrogen and oxygen atoms in total. The van der Waals surface area contributed by atoms with E-state index in [0.717, 1.165) is 0 Å². The number of aliphatic hydroxyl groups excluding tert-OH is 1. The minimum absolute atomic E-state index is 0.0348. The summed E-state index contributed by atoms with van der Waals surface area (Å²) in [6.07, 6.45) is -3.10. The predicted octanol–water partition coefficient (Wildman–Crippen LogP) is 0.227. The Hall–Kier alpha value is -1.13. The van der Waals surface area contributed by atoms with E-state index in [1.807, 2.05) is 0 Å². The highest BCUT2D eigenvalue weighted by molar-refractivity contribution is 7.61. The summed E-state index contributed by atoms with van der Waals surface area (Å²) in [6.45, 7) is -0.0431. The van der Waals surface area contributed by atoms with Gasteiger partial charge in [-0.2, -0.15) is 8.88 Å². The molecule has 0 radical (unpaired) electrons. The van der Waals surface area contributed by atoms with Gasteiger partial charge in [-0.05, 0) is 19.4 Å². The number of ether oxygens (including phenoxy) is 2. The largest absolute Gasteiger partial charge is 0.481 e. The van der Waals surface area contributed by atoms with Gasteiger partial charge in [-0.3, -0.25) is 13.6 Å². The fourth-order valence-corrected chi connectivity index (χ4v) is 6.44. The second kappa shape index (κ2) is 11.9. The number of pyridine rings is 1. The van der Waals surface area contributed by atoms with Crippen molar-refractivity contribution >= 4 is 29.4 Å². The smallest absolute Gasteiger partial charge is 0.477 e. The molecule has 3 heterocycles. The Morgan fingerprint density at radius 2 is 1.73 bits per heavy atom. The van der Waals surface area contributed by atoms with Crippen LogP contribution in [0.2, 0.25) is 0 Å². The fraction of sp³-hybridized carbons (Fsp3) is 0.647. The molecule has 0 saturated carbocycles. The lowest BCUT2D eigenvalue weighted by Crippen LogP contribution is -2.39. The first-order chi connectivity index (χ1) is 17.1. The summed E-state index contributed by atoms with van der Waals surface area (Å²) in [4.78, 5) is 48.5. The number of aromatic carboxylic acids is 1. The van der Waals surface area contributed by atoms with Crippen LogP contribution in [0.5, 0.6) is 0 Å². The quantitative estimate of drug-likeness (QED) is 0.140. The number of hydrogen-bond acceptors (Lipinski definition) is 11. The van der Waals surface area contributed by atoms with Crippen LogP contribution < -0.4 is 4.57 Å². The summed E-state index contributed by atoms with van der Waals surface area (Å²) in [7, 11) is -15.3. The van der Waals surface area contributed by atoms with Crippen LogP contribution in [-0.2, 0) is 41.1 Å². The van der Waals surface area contributed by atoms with Crippen molar-refractivity contribution in [2.75, 3.05) is 13.2 Å². The highest BCUT2D eigenvalue weighted by Gasteiger charge is 2.47. The maximum Gasteiger partial charge on any atom is 0.481 e. The number of carbonyl (C=O) groups is 1. The average molecular weight is 594 g/mol. The Labute approximate surface area is 209 Å². The van der Waals surface area contributed by atoms with Crippen molar-refractivity contribution in [1.29, 1.82) is 0 Å². The van der Waals surface area contributed by atoms with Gasteiger partial charge in [-0.25, -0.2) is 18.5 Å². The Morgan fingerprint density at radius 3 is 2.35 bits per heavy atom. The molecule has 0 amide bonds. The normalized spacial score (nSPS) is 31.6. The van der Waals surface area contributed by atoms with Crippen LogP contribution in [0.1, 0.15) is 36.4 Å². The molecular formula is C17H27NO16P3+. The van der Waals surface area contributed by atoms with Gasteiger partial charge in [0.1, 0.15) is 23.9 Å². The summed E-state index contributed by atoms with van der Waals surface area (Å²) < 4.78 is 65.7. The van der Waals surface area contributed by atoms with E-state index < -0.39 is 79.4 Å². The molecule has 8 atom stereocenters. The van der Waals surface area contributed by atoms with Gasteiger partial charge in [0.05, 0.1) is 25.4 Å². The summed E-state index contributed by atoms with van der Waals surface area (Å²) in [5.74, 6) is -1.13. The van der Waals surface area contributed by atoms with E-state index in [1.54, 1.807) is 6.20 Å². The average Bonchev–Trinajstić information content (AvgIpc) is 3.35. The maximum absolute atomic E-state index is 12.2. The number of carboxylic acids is 1. The summed E-state index contributed by atoms with van der Waals surface area (Å²) in [5.41, 5.74) is 0.0348. The van der Waals surface area contributed by atoms with E-state index in [1.165, 1.54) is 29.8 Å². The van der Waals surface area contributed by atoms with Crippen LogP contribution in [-0.4, -0.2) is 79.5 Å². The van der Waals surface area contributed by atoms with Crippen LogP contribution in [0.25, 0.3) is 0 Å². The van der Waals surface area contributed by atoms with Crippen LogP contribution in [0.3, 0.4) is 0 Å². The van der Waals surface area contributed by atoms with Gasteiger partial charge in [0.25, 0.3) is 6.23 Å². The number of hydrogen-bond donors (Lipinski definition) is 6. The third kappa shape index (κ3) is 8.95. The third-order valence-corrected chi connectivity index (χ3v) is 8.47. The second-order valence-electron chi connectivity index (χ2n) is 8.18. The molecule has 8 unspecified atom stereocenters. The van der Waals surface area contributed by atoms with Crippen molar-refractivity contribution in [3.8, 4) is 0 Å². The van der Waals surface area contributed by atoms with E-state index >= 15 is 0 Å². The summed E-state index contributed by atoms with van der Waals surface area (Å²) >= 11 is 0. The molecule has 2 fully saturated rings. The molecule has 0 aliphatic carbocycles. The molecule has 0 bridgehead atoms. The van der Waals surface area contributed by atoms with Gasteiger partial charge in [-0.1, -0.05) is 0 Å². The predicted molar refractivity (Wildman–Crippen MR) is 117 cm³/mol. The minimum Gasteiger partial charge on any atom is -0.477 e. The standard InChI is InChI=1S/C17H26NO16P3/c1-10-16(33-35(22,23)24)15(19)13(31-10)9-30-37(27,28)34-36(25,26)29-8-12-4-5-14(32-12)18-6-2-3-11(7-18)17(20)21/h2-3,6-7,10,12-16,19H,4-5,8-9H2,1H3,(H4-,20,21,22,23,24,25,26,27,28)/p+1. The molecule has 2 aliphatic rings. The highest BCUT2D eigenvalue weighted by atomic mass is 31.3. The zero-order valence-electron chi connectivity index (χ0n) is 19.2. The van der Waals surface area contributed by atoms with Crippen molar-refractivity contribution in [2.24, 2.45) is 0 Å². The van der Waals surface area contributed by atoms with Crippen molar-refractivity contribution < 1.29 is 80.2 Å². The van der Waals surface area contributed by atoms with E-state index in [0.29, 0.717) is 12.8 Å². The van der Waals surface area contributed by atoms with Crippen molar-refractivity contribution in [3.05, 3.63) is 30.1 Å². The Morgan fingerprint density at radius 1 is 1.08 bits per heavy atom. The van der Waals surface area contributed by atoms with E-state index in [-0.39, 0.29) is 5.56 Å². The first-order valence-corrected chi connectivity index (χ1v) is 15.2. The zero-order valence-corrected chi connectivity index (χ0v) is 21.8. The lowest BCUT2D eigenvalue weighted by molar-refractivity contribution is -0.759. The second-order valence-corrected chi connectivity index (χ2v) is 12.4. The van der Waals surface area contributed by atoms with Crippen molar-refractivity contribution in [3.63, 3.8) is 0 Å². The van der Waals surface area contributed by atoms with Gasteiger partial charge in [0, 0.05) is 12.5 Å². The minimum atomic E-state index is -5.23. The van der Waals surface area contributed by atoms with Crippen molar-refractivity contribution in [2.45, 2.75) is 56.5 Å². The summed E-state index contributed by atoms with van der Waals surface area (Å²) in [6, 6.07) is 2.92. The maximum atomic E-state index is 12.2. The monoisotopic (exact) mass is 594 g/mol. The molecule has 210 valence electrons. The Balaban J connectivity index is 1.47. The molecule has 37 heavy (non-hydrogen) atoms. The third-order valence-electron chi connectivity index (χ3n) is 5.35. The Bertz CT molecular complexity index is 1110. The van der Waals surface area contributed by atoms with Gasteiger partial charge in [-0.15, -0.1) is 0 Å². The molecule has 1 aromatic rings. The van der Waals surface area contributed by atoms with E-state index in [2.05, 4.69) is 13.4 Å². The molecule has 6 N–H and O–H groups in total. The molecule has 2 saturated heterocycles. The molecule has 3 rings (SSSR count). The van der Waals surface area contributed by atoms with Gasteiger partial charge >= 0.3 is 29.4 Å². The molecule has 1 aromatic heterocycles. The first-order valence-electron chi connectivity index (χ1n) is 10.7. The van der Waals surface area contributed by atoms with Crippen LogP contribution in [0, 0.1) is 0 Å². The molecule has 0 spiro atoms. The highest BCUT2D eigenvalue weighted by Crippen LogP contribution is 2.60. The number of aliphatic hydroxyl groups is 1. The van der Waals surface area contributed by atoms with Crippen LogP contribution >= 0.6 is 23.5 Å². The van der Waals surface area contributed by atoms with Gasteiger partial charge in [0.15, 0.2) is 12.4 Å². The molecule has 0 aromatic carbocycles. The number of rotatable bonds is 12. The van der Waals surface area contributed by atoms with Crippen LogP contribution in [0.4, 0.5) is 0 Å². The number of phosphoric acid groups is 3. The number of phosphoric ester groups is 3. The molecule has 2 aliphatic heterocycles. The fourth-order valence-electron chi connectivity index (χ4n) is 3.72. The SMILES string of the molecule is CC1OC(COP(=O)(O)OP(=O)(O)OCC2CCC([n+]3cccc(C(=O)O)c3)O2)C(O)C1OP(=O)(O)O. The lowest BCUT2D eigenvalue weighted by atomic mass is 10.1. The zero-order chi connectivity index (χ0) is 27.6. The lowest BCUT2D eigenvalue weighted by Gasteiger charge is -2.20. The van der Waals surface area contributed by atoms with E-state index in [4.69, 9.17) is 28.9 Å².